The summed E-state index contributed by atoms with van der Waals surface area (Å²) >= 11 is 0. The monoisotopic (exact) mass is 383 g/mol. The number of carbonyl (C=O) groups is 1. The molecule has 0 spiro atoms. The van der Waals surface area contributed by atoms with E-state index in [4.69, 9.17) is 9.31 Å². The van der Waals surface area contributed by atoms with Crippen molar-refractivity contribution in [3.8, 4) is 0 Å². The van der Waals surface area contributed by atoms with Crippen LogP contribution in [0.1, 0.15) is 46.1 Å². The lowest BCUT2D eigenvalue weighted by molar-refractivity contribution is -0.121. The number of nitrogens with one attached hydrogen (secondary N) is 1. The Labute approximate surface area is 153 Å². The molecule has 2 fully saturated rings. The second-order valence-corrected chi connectivity index (χ2v) is 9.86. The van der Waals surface area contributed by atoms with Crippen molar-refractivity contribution in [3.63, 3.8) is 0 Å². The summed E-state index contributed by atoms with van der Waals surface area (Å²) in [5.41, 5.74) is -1.45. The van der Waals surface area contributed by atoms with Crippen molar-refractivity contribution in [2.24, 2.45) is 0 Å². The van der Waals surface area contributed by atoms with E-state index < -0.39 is 45.5 Å². The van der Waals surface area contributed by atoms with Crippen LogP contribution in [0.4, 0.5) is 4.39 Å². The predicted molar refractivity (Wildman–Crippen MR) is 96.0 cm³/mol. The molecule has 0 bridgehead atoms. The minimum absolute atomic E-state index is 0.256. The van der Waals surface area contributed by atoms with Crippen LogP contribution < -0.4 is 10.2 Å². The normalized spacial score (nSPS) is 22.9. The van der Waals surface area contributed by atoms with Gasteiger partial charge >= 0.3 is 7.12 Å². The van der Waals surface area contributed by atoms with Crippen molar-refractivity contribution in [3.05, 3.63) is 29.6 Å². The fourth-order valence-corrected chi connectivity index (χ4v) is 3.56. The van der Waals surface area contributed by atoms with Crippen LogP contribution in [0.15, 0.2) is 18.2 Å². The van der Waals surface area contributed by atoms with E-state index in [0.29, 0.717) is 18.4 Å². The van der Waals surface area contributed by atoms with Gasteiger partial charge in [-0.15, -0.1) is 0 Å². The maximum atomic E-state index is 14.8. The van der Waals surface area contributed by atoms with Gasteiger partial charge in [0, 0.05) is 5.46 Å². The molecular formula is C17H23BFNO5S. The Morgan fingerprint density at radius 2 is 1.69 bits per heavy atom. The first-order valence-electron chi connectivity index (χ1n) is 8.45. The summed E-state index contributed by atoms with van der Waals surface area (Å²) in [6.45, 7) is 7.53. The lowest BCUT2D eigenvalue weighted by atomic mass is 9.77. The van der Waals surface area contributed by atoms with E-state index in [1.54, 1.807) is 12.1 Å². The third-order valence-corrected chi connectivity index (χ3v) is 6.08. The first kappa shape index (κ1) is 19.3. The zero-order valence-corrected chi connectivity index (χ0v) is 16.4. The molecule has 1 saturated carbocycles. The van der Waals surface area contributed by atoms with Crippen molar-refractivity contribution in [1.82, 2.24) is 4.72 Å². The fourth-order valence-electron chi connectivity index (χ4n) is 3.02. The summed E-state index contributed by atoms with van der Waals surface area (Å²) in [6, 6.07) is 4.45. The van der Waals surface area contributed by atoms with Gasteiger partial charge in [0.05, 0.1) is 22.9 Å². The highest BCUT2D eigenvalue weighted by atomic mass is 32.2. The topological polar surface area (TPSA) is 81.7 Å². The second-order valence-electron chi connectivity index (χ2n) is 8.11. The van der Waals surface area contributed by atoms with E-state index >= 15 is 0 Å². The Bertz CT molecular complexity index is 848. The second kappa shape index (κ2) is 5.77. The molecule has 1 N–H and O–H groups in total. The molecule has 9 heteroatoms. The standard InChI is InChI=1S/C17H23BFNO5S/c1-15(2)16(3,4)25-18(24-15)12-7-6-11(10-13(12)19)17(8-9-17)14(21)20-26(5,22)23/h6-7,10H,8-9H2,1-5H3,(H,20,21). The van der Waals surface area contributed by atoms with Crippen molar-refractivity contribution in [2.75, 3.05) is 6.26 Å². The molecule has 0 aromatic heterocycles. The Morgan fingerprint density at radius 3 is 2.12 bits per heavy atom. The molecule has 1 aliphatic carbocycles. The molecule has 1 amide bonds. The third-order valence-electron chi connectivity index (χ3n) is 5.52. The van der Waals surface area contributed by atoms with Gasteiger partial charge in [0.2, 0.25) is 15.9 Å². The summed E-state index contributed by atoms with van der Waals surface area (Å²) in [5.74, 6) is -1.16. The Morgan fingerprint density at radius 1 is 1.15 bits per heavy atom. The number of hydrogen-bond acceptors (Lipinski definition) is 5. The maximum absolute atomic E-state index is 14.8. The first-order chi connectivity index (χ1) is 11.8. The van der Waals surface area contributed by atoms with Gasteiger partial charge in [-0.2, -0.15) is 0 Å². The van der Waals surface area contributed by atoms with Gasteiger partial charge in [-0.25, -0.2) is 12.8 Å². The van der Waals surface area contributed by atoms with Crippen LogP contribution in [0.25, 0.3) is 0 Å². The van der Waals surface area contributed by atoms with Crippen LogP contribution in [-0.4, -0.2) is 38.9 Å². The number of halogens is 1. The van der Waals surface area contributed by atoms with Gasteiger partial charge in [-0.05, 0) is 52.2 Å². The summed E-state index contributed by atoms with van der Waals surface area (Å²) < 4.78 is 51.1. The summed E-state index contributed by atoms with van der Waals surface area (Å²) in [7, 11) is -4.50. The molecule has 2 aliphatic rings. The Kier molecular flexibility index (Phi) is 4.29. The summed E-state index contributed by atoms with van der Waals surface area (Å²) in [6.07, 6.45) is 1.87. The molecule has 1 aliphatic heterocycles. The highest BCUT2D eigenvalue weighted by Gasteiger charge is 2.54. The van der Waals surface area contributed by atoms with Crippen molar-refractivity contribution in [1.29, 1.82) is 0 Å². The van der Waals surface area contributed by atoms with E-state index in [-0.39, 0.29) is 5.46 Å². The van der Waals surface area contributed by atoms with Crippen LogP contribution in [0, 0.1) is 5.82 Å². The molecule has 0 radical (unpaired) electrons. The number of sulfonamides is 1. The number of hydrogen-bond donors (Lipinski definition) is 1. The van der Waals surface area contributed by atoms with Gasteiger partial charge in [-0.1, -0.05) is 12.1 Å². The molecule has 1 saturated heterocycles. The number of carbonyl (C=O) groups excluding carboxylic acids is 1. The molecule has 0 unspecified atom stereocenters. The van der Waals surface area contributed by atoms with E-state index in [0.717, 1.165) is 6.26 Å². The molecule has 26 heavy (non-hydrogen) atoms. The Hall–Kier alpha value is -1.45. The molecule has 142 valence electrons. The third kappa shape index (κ3) is 3.28. The summed E-state index contributed by atoms with van der Waals surface area (Å²) in [5, 5.41) is 0. The van der Waals surface area contributed by atoms with Gasteiger partial charge < -0.3 is 9.31 Å². The largest absolute Gasteiger partial charge is 0.497 e. The minimum atomic E-state index is -3.67. The molecule has 0 atom stereocenters. The zero-order chi connectivity index (χ0) is 19.5. The van der Waals surface area contributed by atoms with Crippen molar-refractivity contribution in [2.45, 2.75) is 57.2 Å². The van der Waals surface area contributed by atoms with Crippen molar-refractivity contribution >= 4 is 28.5 Å². The average Bonchev–Trinajstić information content (AvgIpc) is 3.21. The average molecular weight is 383 g/mol. The van der Waals surface area contributed by atoms with Crippen LogP contribution in [0.5, 0.6) is 0 Å². The lowest BCUT2D eigenvalue weighted by Gasteiger charge is -2.32. The van der Waals surface area contributed by atoms with Crippen LogP contribution >= 0.6 is 0 Å². The van der Waals surface area contributed by atoms with E-state index in [9.17, 15) is 17.6 Å². The van der Waals surface area contributed by atoms with Gasteiger partial charge in [-0.3, -0.25) is 9.52 Å². The van der Waals surface area contributed by atoms with Crippen LogP contribution in [0.2, 0.25) is 0 Å². The Balaban J connectivity index is 1.87. The van der Waals surface area contributed by atoms with Gasteiger partial charge in [0.1, 0.15) is 5.82 Å². The highest BCUT2D eigenvalue weighted by molar-refractivity contribution is 7.89. The number of amides is 1. The zero-order valence-electron chi connectivity index (χ0n) is 15.6. The molecule has 3 rings (SSSR count). The van der Waals surface area contributed by atoms with Crippen LogP contribution in [-0.2, 0) is 29.5 Å². The van der Waals surface area contributed by atoms with E-state index in [1.807, 2.05) is 32.4 Å². The fraction of sp³-hybridized carbons (Fsp3) is 0.588. The molecule has 1 aromatic rings. The van der Waals surface area contributed by atoms with E-state index in [2.05, 4.69) is 0 Å². The smallest absolute Gasteiger partial charge is 0.399 e. The molecule has 6 nitrogen and oxygen atoms in total. The maximum Gasteiger partial charge on any atom is 0.497 e. The van der Waals surface area contributed by atoms with Gasteiger partial charge in [0.15, 0.2) is 0 Å². The number of benzene rings is 1. The molecule has 1 heterocycles. The lowest BCUT2D eigenvalue weighted by Crippen LogP contribution is -2.41. The van der Waals surface area contributed by atoms with Gasteiger partial charge in [0.25, 0.3) is 0 Å². The molecule has 1 aromatic carbocycles. The SMILES string of the molecule is CC1(C)OB(c2ccc(C3(C(=O)NS(C)(=O)=O)CC3)cc2F)OC1(C)C. The molecular weight excluding hydrogens is 360 g/mol. The number of rotatable bonds is 4. The van der Waals surface area contributed by atoms with Crippen molar-refractivity contribution < 1.29 is 26.9 Å². The minimum Gasteiger partial charge on any atom is -0.399 e. The van der Waals surface area contributed by atoms with E-state index in [1.165, 1.54) is 6.07 Å². The first-order valence-corrected chi connectivity index (χ1v) is 10.3. The quantitative estimate of drug-likeness (QED) is 0.792. The van der Waals surface area contributed by atoms with Crippen LogP contribution in [0.3, 0.4) is 0 Å². The summed E-state index contributed by atoms with van der Waals surface area (Å²) in [4.78, 5) is 12.3. The predicted octanol–water partition coefficient (Wildman–Crippen LogP) is 1.23. The highest BCUT2D eigenvalue weighted by Crippen LogP contribution is 2.48.